The van der Waals surface area contributed by atoms with Gasteiger partial charge in [0.25, 0.3) is 0 Å². The average Bonchev–Trinajstić information content (AvgIpc) is 2.71. The van der Waals surface area contributed by atoms with Crippen molar-refractivity contribution in [2.45, 2.75) is 18.9 Å². The third-order valence-corrected chi connectivity index (χ3v) is 4.60. The van der Waals surface area contributed by atoms with E-state index in [1.165, 1.54) is 22.9 Å². The van der Waals surface area contributed by atoms with Crippen LogP contribution >= 0.6 is 11.8 Å². The second-order valence-electron chi connectivity index (χ2n) is 4.59. The summed E-state index contributed by atoms with van der Waals surface area (Å²) in [5.74, 6) is 1.22. The lowest BCUT2D eigenvalue weighted by Gasteiger charge is -2.39. The van der Waals surface area contributed by atoms with E-state index in [1.807, 2.05) is 11.8 Å². The minimum Gasteiger partial charge on any atom is -0.340 e. The van der Waals surface area contributed by atoms with E-state index in [0.717, 1.165) is 13.1 Å². The molecule has 2 nitrogen and oxygen atoms in total. The van der Waals surface area contributed by atoms with Crippen LogP contribution in [0.25, 0.3) is 0 Å². The highest BCUT2D eigenvalue weighted by Gasteiger charge is 2.41. The Hall–Kier alpha value is -0.960. The lowest BCUT2D eigenvalue weighted by Crippen LogP contribution is -2.46. The Morgan fingerprint density at radius 3 is 2.94 bits per heavy atom. The normalized spacial score (nSPS) is 28.8. The summed E-state index contributed by atoms with van der Waals surface area (Å²) in [4.78, 5) is 7.18. The highest BCUT2D eigenvalue weighted by molar-refractivity contribution is 8.13. The van der Waals surface area contributed by atoms with Gasteiger partial charge in [-0.25, -0.2) is 0 Å². The molecule has 0 aliphatic carbocycles. The number of fused-ring (bicyclic) bond motifs is 1. The summed E-state index contributed by atoms with van der Waals surface area (Å²) < 4.78 is 0. The third-order valence-electron chi connectivity index (χ3n) is 3.50. The summed E-state index contributed by atoms with van der Waals surface area (Å²) >= 11 is 1.91. The Balaban J connectivity index is 1.96. The van der Waals surface area contributed by atoms with Crippen molar-refractivity contribution in [3.8, 4) is 0 Å². The fourth-order valence-corrected chi connectivity index (χ4v) is 3.56. The van der Waals surface area contributed by atoms with E-state index < -0.39 is 0 Å². The first kappa shape index (κ1) is 10.2. The minimum absolute atomic E-state index is 0.0873. The number of thioether (sulfide) groups is 1. The summed E-state index contributed by atoms with van der Waals surface area (Å²) in [6, 6.07) is 10.8. The van der Waals surface area contributed by atoms with Gasteiger partial charge in [0.05, 0.1) is 12.1 Å². The molecule has 0 bridgehead atoms. The first-order valence-electron chi connectivity index (χ1n) is 5.81. The fraction of sp³-hybridized carbons (Fsp3) is 0.462. The molecule has 0 aromatic heterocycles. The number of rotatable bonds is 1. The molecule has 2 aliphatic heterocycles. The first-order valence-corrected chi connectivity index (χ1v) is 6.80. The molecule has 3 heteroatoms. The quantitative estimate of drug-likeness (QED) is 0.740. The Labute approximate surface area is 101 Å². The summed E-state index contributed by atoms with van der Waals surface area (Å²) in [5.41, 5.74) is 1.47. The lowest BCUT2D eigenvalue weighted by molar-refractivity contribution is 0.229. The maximum Gasteiger partial charge on any atom is 0.160 e. The highest BCUT2D eigenvalue weighted by Crippen LogP contribution is 2.38. The lowest BCUT2D eigenvalue weighted by atomic mass is 9.91. The molecular formula is C13H16N2S. The van der Waals surface area contributed by atoms with Crippen LogP contribution in [-0.4, -0.2) is 28.9 Å². The summed E-state index contributed by atoms with van der Waals surface area (Å²) in [6.07, 6.45) is 1.27. The molecule has 0 saturated carbocycles. The van der Waals surface area contributed by atoms with Crippen molar-refractivity contribution in [2.75, 3.05) is 18.8 Å². The molecule has 0 radical (unpaired) electrons. The van der Waals surface area contributed by atoms with E-state index in [0.29, 0.717) is 0 Å². The number of hydrogen-bond donors (Lipinski definition) is 0. The van der Waals surface area contributed by atoms with E-state index >= 15 is 0 Å². The number of benzene rings is 1. The Bertz CT molecular complexity index is 415. The zero-order chi connectivity index (χ0) is 11.0. The van der Waals surface area contributed by atoms with Crippen molar-refractivity contribution < 1.29 is 0 Å². The van der Waals surface area contributed by atoms with E-state index in [4.69, 9.17) is 4.99 Å². The van der Waals surface area contributed by atoms with E-state index in [-0.39, 0.29) is 5.54 Å². The summed E-state index contributed by atoms with van der Waals surface area (Å²) in [6.45, 7) is 4.36. The Morgan fingerprint density at radius 2 is 2.12 bits per heavy atom. The average molecular weight is 232 g/mol. The first-order chi connectivity index (χ1) is 7.81. The Kier molecular flexibility index (Phi) is 2.43. The van der Waals surface area contributed by atoms with Crippen LogP contribution in [-0.2, 0) is 5.54 Å². The number of amidine groups is 1. The van der Waals surface area contributed by atoms with Crippen LogP contribution in [0.2, 0.25) is 0 Å². The second kappa shape index (κ2) is 3.81. The molecule has 1 aromatic rings. The van der Waals surface area contributed by atoms with Gasteiger partial charge < -0.3 is 4.90 Å². The summed E-state index contributed by atoms with van der Waals surface area (Å²) in [7, 11) is 0. The number of aliphatic imine (C=N–C) groups is 1. The zero-order valence-electron chi connectivity index (χ0n) is 9.52. The number of hydrogen-bond acceptors (Lipinski definition) is 3. The summed E-state index contributed by atoms with van der Waals surface area (Å²) in [5, 5.41) is 1.25. The second-order valence-corrected chi connectivity index (χ2v) is 5.65. The molecule has 1 aromatic carbocycles. The topological polar surface area (TPSA) is 15.6 Å². The van der Waals surface area contributed by atoms with E-state index in [2.05, 4.69) is 42.2 Å². The molecule has 0 spiro atoms. The zero-order valence-corrected chi connectivity index (χ0v) is 10.3. The highest BCUT2D eigenvalue weighted by atomic mass is 32.2. The van der Waals surface area contributed by atoms with Crippen LogP contribution in [0.3, 0.4) is 0 Å². The molecule has 1 fully saturated rings. The van der Waals surface area contributed by atoms with Gasteiger partial charge in [0.15, 0.2) is 5.17 Å². The largest absolute Gasteiger partial charge is 0.340 e. The molecule has 3 rings (SSSR count). The van der Waals surface area contributed by atoms with Crippen LogP contribution in [0.1, 0.15) is 18.9 Å². The van der Waals surface area contributed by atoms with Gasteiger partial charge in [-0.05, 0) is 18.9 Å². The SMILES string of the molecule is CC1(c2ccccc2)CN=C2SCCCN21. The van der Waals surface area contributed by atoms with Crippen LogP contribution in [0.15, 0.2) is 35.3 Å². The predicted molar refractivity (Wildman–Crippen MR) is 69.9 cm³/mol. The molecule has 2 heterocycles. The molecule has 1 unspecified atom stereocenters. The van der Waals surface area contributed by atoms with Gasteiger partial charge in [-0.2, -0.15) is 0 Å². The van der Waals surface area contributed by atoms with Gasteiger partial charge in [-0.15, -0.1) is 0 Å². The van der Waals surface area contributed by atoms with Crippen LogP contribution in [0.5, 0.6) is 0 Å². The fourth-order valence-electron chi connectivity index (χ4n) is 2.50. The van der Waals surface area contributed by atoms with Crippen molar-refractivity contribution in [3.63, 3.8) is 0 Å². The van der Waals surface area contributed by atoms with Crippen LogP contribution in [0, 0.1) is 0 Å². The molecule has 0 N–H and O–H groups in total. The molecule has 0 amide bonds. The minimum atomic E-state index is 0.0873. The van der Waals surface area contributed by atoms with Crippen molar-refractivity contribution in [1.29, 1.82) is 0 Å². The van der Waals surface area contributed by atoms with Gasteiger partial charge >= 0.3 is 0 Å². The van der Waals surface area contributed by atoms with Crippen molar-refractivity contribution in [1.82, 2.24) is 4.90 Å². The van der Waals surface area contributed by atoms with Crippen LogP contribution < -0.4 is 0 Å². The van der Waals surface area contributed by atoms with Crippen molar-refractivity contribution in [3.05, 3.63) is 35.9 Å². The van der Waals surface area contributed by atoms with Crippen LogP contribution in [0.4, 0.5) is 0 Å². The van der Waals surface area contributed by atoms with Gasteiger partial charge in [0, 0.05) is 12.3 Å². The van der Waals surface area contributed by atoms with Crippen molar-refractivity contribution >= 4 is 16.9 Å². The van der Waals surface area contributed by atoms with Gasteiger partial charge in [-0.3, -0.25) is 4.99 Å². The van der Waals surface area contributed by atoms with Gasteiger partial charge in [-0.1, -0.05) is 42.1 Å². The van der Waals surface area contributed by atoms with Crippen molar-refractivity contribution in [2.24, 2.45) is 4.99 Å². The standard InChI is InChI=1S/C13H16N2S/c1-13(11-6-3-2-4-7-11)10-14-12-15(13)8-5-9-16-12/h2-4,6-7H,5,8-10H2,1H3. The number of nitrogens with zero attached hydrogens (tertiary/aromatic N) is 2. The van der Waals surface area contributed by atoms with E-state index in [1.54, 1.807) is 0 Å². The van der Waals surface area contributed by atoms with Gasteiger partial charge in [0.1, 0.15) is 0 Å². The molecule has 1 atom stereocenters. The molecule has 16 heavy (non-hydrogen) atoms. The Morgan fingerprint density at radius 1 is 1.31 bits per heavy atom. The predicted octanol–water partition coefficient (Wildman–Crippen LogP) is 2.71. The van der Waals surface area contributed by atoms with E-state index in [9.17, 15) is 0 Å². The maximum atomic E-state index is 4.69. The molecular weight excluding hydrogens is 216 g/mol. The monoisotopic (exact) mass is 232 g/mol. The maximum absolute atomic E-state index is 4.69. The molecule has 1 saturated heterocycles. The third kappa shape index (κ3) is 1.46. The molecule has 2 aliphatic rings. The van der Waals surface area contributed by atoms with Gasteiger partial charge in [0.2, 0.25) is 0 Å². The smallest absolute Gasteiger partial charge is 0.160 e. The molecule has 84 valence electrons.